The van der Waals surface area contributed by atoms with Crippen LogP contribution in [0, 0.1) is 0 Å². The number of rotatable bonds is 8. The van der Waals surface area contributed by atoms with Crippen LogP contribution in [-0.4, -0.2) is 50.6 Å². The van der Waals surface area contributed by atoms with Crippen molar-refractivity contribution in [3.05, 3.63) is 23.8 Å². The van der Waals surface area contributed by atoms with Crippen LogP contribution in [-0.2, 0) is 4.79 Å². The topological polar surface area (TPSA) is 67.9 Å². The highest BCUT2D eigenvalue weighted by molar-refractivity contribution is 5.94. The van der Waals surface area contributed by atoms with Gasteiger partial charge in [-0.15, -0.1) is 0 Å². The molecule has 6 nitrogen and oxygen atoms in total. The molecule has 0 atom stereocenters. The Morgan fingerprint density at radius 2 is 1.82 bits per heavy atom. The third-order valence-corrected chi connectivity index (χ3v) is 3.25. The maximum absolute atomic E-state index is 12.1. The molecule has 0 radical (unpaired) electrons. The van der Waals surface area contributed by atoms with Crippen molar-refractivity contribution in [1.82, 2.24) is 10.2 Å². The second-order valence-electron chi connectivity index (χ2n) is 4.83. The minimum Gasteiger partial charge on any atom is -0.493 e. The third-order valence-electron chi connectivity index (χ3n) is 3.25. The summed E-state index contributed by atoms with van der Waals surface area (Å²) in [6.07, 6.45) is 0.892. The molecule has 0 heterocycles. The van der Waals surface area contributed by atoms with Crippen molar-refractivity contribution in [3.63, 3.8) is 0 Å². The first-order valence-corrected chi connectivity index (χ1v) is 7.29. The molecule has 0 saturated carbocycles. The molecule has 1 aromatic rings. The fourth-order valence-corrected chi connectivity index (χ4v) is 2.08. The number of nitrogens with one attached hydrogen (secondary N) is 1. The molecule has 22 heavy (non-hydrogen) atoms. The predicted molar refractivity (Wildman–Crippen MR) is 84.4 cm³/mol. The Morgan fingerprint density at radius 1 is 1.14 bits per heavy atom. The van der Waals surface area contributed by atoms with E-state index in [1.807, 2.05) is 6.92 Å². The molecule has 0 spiro atoms. The summed E-state index contributed by atoms with van der Waals surface area (Å²) in [4.78, 5) is 25.2. The first kappa shape index (κ1) is 17.8. The van der Waals surface area contributed by atoms with Crippen molar-refractivity contribution >= 4 is 11.8 Å². The van der Waals surface area contributed by atoms with E-state index in [0.717, 1.165) is 6.42 Å². The van der Waals surface area contributed by atoms with Crippen LogP contribution in [0.25, 0.3) is 0 Å². The summed E-state index contributed by atoms with van der Waals surface area (Å²) in [6.45, 7) is 5.15. The van der Waals surface area contributed by atoms with Gasteiger partial charge in [-0.05, 0) is 24.6 Å². The zero-order valence-corrected chi connectivity index (χ0v) is 13.6. The molecule has 0 saturated heterocycles. The lowest BCUT2D eigenvalue weighted by Gasteiger charge is -2.20. The summed E-state index contributed by atoms with van der Waals surface area (Å²) in [6, 6.07) is 4.99. The largest absolute Gasteiger partial charge is 0.493 e. The van der Waals surface area contributed by atoms with Crippen molar-refractivity contribution in [2.45, 2.75) is 20.3 Å². The van der Waals surface area contributed by atoms with Gasteiger partial charge in [0.05, 0.1) is 14.2 Å². The van der Waals surface area contributed by atoms with E-state index >= 15 is 0 Å². The standard InChI is InChI=1S/C16H24N2O4/c1-5-9-18(12(2)19)10-8-17-16(20)13-6-7-14(21-3)15(11-13)22-4/h6-7,11H,5,8-10H2,1-4H3,(H,17,20). The molecule has 1 aromatic carbocycles. The van der Waals surface area contributed by atoms with Gasteiger partial charge >= 0.3 is 0 Å². The molecule has 0 unspecified atom stereocenters. The van der Waals surface area contributed by atoms with Crippen molar-refractivity contribution in [2.24, 2.45) is 0 Å². The van der Waals surface area contributed by atoms with Crippen LogP contribution in [0.15, 0.2) is 18.2 Å². The van der Waals surface area contributed by atoms with E-state index in [9.17, 15) is 9.59 Å². The van der Waals surface area contributed by atoms with E-state index in [1.54, 1.807) is 30.2 Å². The molecule has 0 aliphatic carbocycles. The number of hydrogen-bond acceptors (Lipinski definition) is 4. The molecule has 2 amide bonds. The van der Waals surface area contributed by atoms with Gasteiger partial charge in [0.25, 0.3) is 5.91 Å². The van der Waals surface area contributed by atoms with Crippen LogP contribution in [0.2, 0.25) is 0 Å². The second kappa shape index (κ2) is 8.92. The Hall–Kier alpha value is -2.24. The van der Waals surface area contributed by atoms with E-state index in [2.05, 4.69) is 5.32 Å². The lowest BCUT2D eigenvalue weighted by Crippen LogP contribution is -2.37. The van der Waals surface area contributed by atoms with Gasteiger partial charge < -0.3 is 19.7 Å². The summed E-state index contributed by atoms with van der Waals surface area (Å²) in [5, 5.41) is 2.80. The molecular formula is C16H24N2O4. The maximum atomic E-state index is 12.1. The molecule has 1 rings (SSSR count). The van der Waals surface area contributed by atoms with Crippen LogP contribution < -0.4 is 14.8 Å². The van der Waals surface area contributed by atoms with Crippen molar-refractivity contribution in [2.75, 3.05) is 33.9 Å². The molecular weight excluding hydrogens is 284 g/mol. The van der Waals surface area contributed by atoms with Gasteiger partial charge in [0, 0.05) is 32.1 Å². The zero-order chi connectivity index (χ0) is 16.5. The first-order valence-electron chi connectivity index (χ1n) is 7.29. The average Bonchev–Trinajstić information content (AvgIpc) is 2.52. The van der Waals surface area contributed by atoms with Crippen LogP contribution in [0.5, 0.6) is 11.5 Å². The Balaban J connectivity index is 2.60. The summed E-state index contributed by atoms with van der Waals surface area (Å²) < 4.78 is 10.3. The highest BCUT2D eigenvalue weighted by Gasteiger charge is 2.12. The molecule has 0 fully saturated rings. The van der Waals surface area contributed by atoms with E-state index in [-0.39, 0.29) is 11.8 Å². The highest BCUT2D eigenvalue weighted by Crippen LogP contribution is 2.27. The van der Waals surface area contributed by atoms with Gasteiger partial charge in [0.2, 0.25) is 5.91 Å². The Morgan fingerprint density at radius 3 is 2.36 bits per heavy atom. The first-order chi connectivity index (χ1) is 10.5. The van der Waals surface area contributed by atoms with Gasteiger partial charge in [-0.3, -0.25) is 9.59 Å². The van der Waals surface area contributed by atoms with Crippen LogP contribution in [0.1, 0.15) is 30.6 Å². The third kappa shape index (κ3) is 4.95. The number of nitrogens with zero attached hydrogens (tertiary/aromatic N) is 1. The van der Waals surface area contributed by atoms with Gasteiger partial charge in [-0.1, -0.05) is 6.92 Å². The Bertz CT molecular complexity index is 517. The molecule has 0 bridgehead atoms. The Kier molecular flexibility index (Phi) is 7.22. The van der Waals surface area contributed by atoms with E-state index in [0.29, 0.717) is 36.7 Å². The summed E-state index contributed by atoms with van der Waals surface area (Å²) in [5.74, 6) is 0.888. The fraction of sp³-hybridized carbons (Fsp3) is 0.500. The van der Waals surface area contributed by atoms with E-state index in [1.165, 1.54) is 14.0 Å². The number of carbonyl (C=O) groups excluding carboxylic acids is 2. The van der Waals surface area contributed by atoms with Crippen LogP contribution >= 0.6 is 0 Å². The van der Waals surface area contributed by atoms with Gasteiger partial charge in [-0.25, -0.2) is 0 Å². The summed E-state index contributed by atoms with van der Waals surface area (Å²) >= 11 is 0. The van der Waals surface area contributed by atoms with E-state index in [4.69, 9.17) is 9.47 Å². The molecule has 122 valence electrons. The molecule has 1 N–H and O–H groups in total. The highest BCUT2D eigenvalue weighted by atomic mass is 16.5. The second-order valence-corrected chi connectivity index (χ2v) is 4.83. The van der Waals surface area contributed by atoms with Crippen molar-refractivity contribution < 1.29 is 19.1 Å². The molecule has 0 aromatic heterocycles. The minimum atomic E-state index is -0.207. The van der Waals surface area contributed by atoms with Gasteiger partial charge in [-0.2, -0.15) is 0 Å². The van der Waals surface area contributed by atoms with Crippen LogP contribution in [0.3, 0.4) is 0 Å². The lowest BCUT2D eigenvalue weighted by atomic mass is 10.2. The smallest absolute Gasteiger partial charge is 0.251 e. The SMILES string of the molecule is CCCN(CCNC(=O)c1ccc(OC)c(OC)c1)C(C)=O. The molecule has 6 heteroatoms. The predicted octanol–water partition coefficient (Wildman–Crippen LogP) is 1.69. The number of hydrogen-bond donors (Lipinski definition) is 1. The Labute approximate surface area is 131 Å². The molecule has 0 aliphatic heterocycles. The number of ether oxygens (including phenoxy) is 2. The lowest BCUT2D eigenvalue weighted by molar-refractivity contribution is -0.128. The molecule has 0 aliphatic rings. The number of amides is 2. The number of benzene rings is 1. The average molecular weight is 308 g/mol. The minimum absolute atomic E-state index is 0.0159. The van der Waals surface area contributed by atoms with Gasteiger partial charge in [0.15, 0.2) is 11.5 Å². The summed E-state index contributed by atoms with van der Waals surface area (Å²) in [7, 11) is 3.07. The van der Waals surface area contributed by atoms with Crippen molar-refractivity contribution in [1.29, 1.82) is 0 Å². The van der Waals surface area contributed by atoms with Gasteiger partial charge in [0.1, 0.15) is 0 Å². The summed E-state index contributed by atoms with van der Waals surface area (Å²) in [5.41, 5.74) is 0.488. The quantitative estimate of drug-likeness (QED) is 0.793. The normalized spacial score (nSPS) is 10.0. The maximum Gasteiger partial charge on any atom is 0.251 e. The van der Waals surface area contributed by atoms with E-state index < -0.39 is 0 Å². The zero-order valence-electron chi connectivity index (χ0n) is 13.6. The monoisotopic (exact) mass is 308 g/mol. The fourth-order valence-electron chi connectivity index (χ4n) is 2.08. The number of carbonyl (C=O) groups is 2. The van der Waals surface area contributed by atoms with Crippen LogP contribution in [0.4, 0.5) is 0 Å². The number of methoxy groups -OCH3 is 2. The van der Waals surface area contributed by atoms with Crippen molar-refractivity contribution in [3.8, 4) is 11.5 Å².